The highest BCUT2D eigenvalue weighted by Crippen LogP contribution is 2.30. The molecule has 3 unspecified atom stereocenters. The lowest BCUT2D eigenvalue weighted by Gasteiger charge is -2.24. The van der Waals surface area contributed by atoms with E-state index in [9.17, 15) is 20.1 Å². The van der Waals surface area contributed by atoms with Crippen LogP contribution < -0.4 is 9.47 Å². The number of carbonyl (C=O) groups is 1. The van der Waals surface area contributed by atoms with E-state index in [2.05, 4.69) is 6.58 Å². The summed E-state index contributed by atoms with van der Waals surface area (Å²) in [5, 5.41) is 37.4. The number of carbonyl (C=O) groups excluding carboxylic acids is 1. The van der Waals surface area contributed by atoms with Crippen molar-refractivity contribution in [3.05, 3.63) is 31.0 Å². The molecular formula is C16H22O9. The van der Waals surface area contributed by atoms with Crippen molar-refractivity contribution >= 4 is 5.97 Å². The zero-order valence-corrected chi connectivity index (χ0v) is 13.7. The fourth-order valence-electron chi connectivity index (χ4n) is 1.82. The molecule has 0 spiro atoms. The van der Waals surface area contributed by atoms with Crippen molar-refractivity contribution in [3.63, 3.8) is 0 Å². The molecule has 3 atom stereocenters. The van der Waals surface area contributed by atoms with Gasteiger partial charge in [-0.1, -0.05) is 6.58 Å². The van der Waals surface area contributed by atoms with Crippen molar-refractivity contribution in [3.8, 4) is 17.2 Å². The predicted molar refractivity (Wildman–Crippen MR) is 85.3 cm³/mol. The van der Waals surface area contributed by atoms with Gasteiger partial charge in [0.15, 0.2) is 11.5 Å². The van der Waals surface area contributed by atoms with Crippen LogP contribution in [0, 0.1) is 0 Å². The lowest BCUT2D eigenvalue weighted by molar-refractivity contribution is -0.145. The fourth-order valence-corrected chi connectivity index (χ4v) is 1.82. The third-order valence-electron chi connectivity index (χ3n) is 3.14. The largest absolute Gasteiger partial charge is 0.504 e. The molecule has 0 aliphatic rings. The Morgan fingerprint density at radius 2 is 2.08 bits per heavy atom. The van der Waals surface area contributed by atoms with Crippen LogP contribution in [0.1, 0.15) is 0 Å². The summed E-state index contributed by atoms with van der Waals surface area (Å²) < 4.78 is 20.0. The molecule has 9 nitrogen and oxygen atoms in total. The minimum absolute atomic E-state index is 0.0711. The van der Waals surface area contributed by atoms with Crippen molar-refractivity contribution in [1.29, 1.82) is 0 Å². The minimum Gasteiger partial charge on any atom is -0.504 e. The number of phenols is 1. The Morgan fingerprint density at radius 1 is 1.36 bits per heavy atom. The van der Waals surface area contributed by atoms with E-state index in [-0.39, 0.29) is 23.9 Å². The van der Waals surface area contributed by atoms with Crippen molar-refractivity contribution in [1.82, 2.24) is 0 Å². The van der Waals surface area contributed by atoms with E-state index in [4.69, 9.17) is 24.1 Å². The van der Waals surface area contributed by atoms with E-state index in [0.717, 1.165) is 6.26 Å². The first-order valence-electron chi connectivity index (χ1n) is 7.31. The van der Waals surface area contributed by atoms with E-state index >= 15 is 0 Å². The summed E-state index contributed by atoms with van der Waals surface area (Å²) in [6.07, 6.45) is -2.58. The van der Waals surface area contributed by atoms with Gasteiger partial charge < -0.3 is 39.4 Å². The van der Waals surface area contributed by atoms with E-state index in [1.54, 1.807) is 0 Å². The van der Waals surface area contributed by atoms with Crippen molar-refractivity contribution in [2.75, 3.05) is 26.9 Å². The standard InChI is InChI=1S/C16H22O9/c1-3-24-13-6-10(4-5-11(13)18)25-15(20)9-23-8-14(22-2)16(21)12(19)7-17/h3-6,12,14,16-19,21H,1,7-9H2,2H3. The Balaban J connectivity index is 2.49. The summed E-state index contributed by atoms with van der Waals surface area (Å²) in [5.74, 6) is -0.679. The molecule has 0 bridgehead atoms. The molecule has 0 amide bonds. The van der Waals surface area contributed by atoms with Gasteiger partial charge in [0, 0.05) is 13.2 Å². The van der Waals surface area contributed by atoms with Crippen molar-refractivity contribution in [2.45, 2.75) is 18.3 Å². The molecule has 1 aromatic carbocycles. The number of ether oxygens (including phenoxy) is 4. The van der Waals surface area contributed by atoms with Gasteiger partial charge in [-0.2, -0.15) is 0 Å². The molecule has 0 saturated carbocycles. The SMILES string of the molecule is C=COc1cc(OC(=O)COCC(OC)C(O)C(O)CO)ccc1O. The highest BCUT2D eigenvalue weighted by Gasteiger charge is 2.26. The summed E-state index contributed by atoms with van der Waals surface area (Å²) in [7, 11) is 1.29. The number of hydrogen-bond donors (Lipinski definition) is 4. The van der Waals surface area contributed by atoms with Crippen LogP contribution in [0.5, 0.6) is 17.2 Å². The smallest absolute Gasteiger partial charge is 0.337 e. The molecule has 0 fully saturated rings. The Bertz CT molecular complexity index is 561. The number of esters is 1. The third-order valence-corrected chi connectivity index (χ3v) is 3.14. The maximum Gasteiger partial charge on any atom is 0.337 e. The highest BCUT2D eigenvalue weighted by atomic mass is 16.6. The molecule has 25 heavy (non-hydrogen) atoms. The average Bonchev–Trinajstić information content (AvgIpc) is 2.60. The average molecular weight is 358 g/mol. The Labute approximate surface area is 144 Å². The normalized spacial score (nSPS) is 14.4. The maximum atomic E-state index is 11.7. The van der Waals surface area contributed by atoms with Gasteiger partial charge in [0.05, 0.1) is 19.5 Å². The molecule has 0 heterocycles. The number of benzene rings is 1. The van der Waals surface area contributed by atoms with Crippen LogP contribution in [-0.4, -0.2) is 71.6 Å². The van der Waals surface area contributed by atoms with Gasteiger partial charge in [-0.05, 0) is 12.1 Å². The first-order valence-corrected chi connectivity index (χ1v) is 7.31. The van der Waals surface area contributed by atoms with Gasteiger partial charge in [-0.25, -0.2) is 4.79 Å². The van der Waals surface area contributed by atoms with Gasteiger partial charge in [0.25, 0.3) is 0 Å². The van der Waals surface area contributed by atoms with Gasteiger partial charge in [-0.3, -0.25) is 0 Å². The molecule has 1 aromatic rings. The Kier molecular flexibility index (Phi) is 8.89. The van der Waals surface area contributed by atoms with Gasteiger partial charge in [0.2, 0.25) is 0 Å². The number of aromatic hydroxyl groups is 1. The third kappa shape index (κ3) is 6.69. The fraction of sp³-hybridized carbons (Fsp3) is 0.438. The number of aliphatic hydroxyl groups excluding tert-OH is 3. The minimum atomic E-state index is -1.39. The maximum absolute atomic E-state index is 11.7. The van der Waals surface area contributed by atoms with E-state index in [1.165, 1.54) is 25.3 Å². The summed E-state index contributed by atoms with van der Waals surface area (Å²) in [5.41, 5.74) is 0. The second kappa shape index (κ2) is 10.6. The van der Waals surface area contributed by atoms with Crippen LogP contribution in [0.2, 0.25) is 0 Å². The van der Waals surface area contributed by atoms with Gasteiger partial charge >= 0.3 is 5.97 Å². The number of phenolic OH excluding ortho intramolecular Hbond substituents is 1. The monoisotopic (exact) mass is 358 g/mol. The summed E-state index contributed by atoms with van der Waals surface area (Å²) in [4.78, 5) is 11.7. The predicted octanol–water partition coefficient (Wildman–Crippen LogP) is -0.434. The van der Waals surface area contributed by atoms with Crippen LogP contribution in [0.3, 0.4) is 0 Å². The molecule has 0 radical (unpaired) electrons. The summed E-state index contributed by atoms with van der Waals surface area (Å²) in [6.45, 7) is 2.07. The summed E-state index contributed by atoms with van der Waals surface area (Å²) >= 11 is 0. The van der Waals surface area contributed by atoms with E-state index < -0.39 is 37.5 Å². The molecule has 140 valence electrons. The first-order chi connectivity index (χ1) is 11.9. The molecular weight excluding hydrogens is 336 g/mol. The molecule has 0 aliphatic heterocycles. The summed E-state index contributed by atoms with van der Waals surface area (Å²) in [6, 6.07) is 3.95. The zero-order valence-electron chi connectivity index (χ0n) is 13.7. The van der Waals surface area contributed by atoms with Crippen LogP contribution in [0.4, 0.5) is 0 Å². The Morgan fingerprint density at radius 3 is 2.68 bits per heavy atom. The topological polar surface area (TPSA) is 135 Å². The highest BCUT2D eigenvalue weighted by molar-refractivity contribution is 5.73. The van der Waals surface area contributed by atoms with Crippen molar-refractivity contribution < 1.29 is 44.2 Å². The molecule has 0 aromatic heterocycles. The Hall–Kier alpha value is -2.17. The van der Waals surface area contributed by atoms with Crippen LogP contribution in [0.25, 0.3) is 0 Å². The van der Waals surface area contributed by atoms with Crippen LogP contribution >= 0.6 is 0 Å². The van der Waals surface area contributed by atoms with Gasteiger partial charge in [0.1, 0.15) is 30.7 Å². The quantitative estimate of drug-likeness (QED) is 0.236. The molecule has 1 rings (SSSR count). The molecule has 0 saturated heterocycles. The molecule has 0 aliphatic carbocycles. The second-order valence-corrected chi connectivity index (χ2v) is 4.92. The first kappa shape index (κ1) is 20.9. The van der Waals surface area contributed by atoms with Gasteiger partial charge in [-0.15, -0.1) is 0 Å². The number of methoxy groups -OCH3 is 1. The van der Waals surface area contributed by atoms with Crippen molar-refractivity contribution in [2.24, 2.45) is 0 Å². The second-order valence-electron chi connectivity index (χ2n) is 4.92. The van der Waals surface area contributed by atoms with Crippen LogP contribution in [-0.2, 0) is 14.3 Å². The van der Waals surface area contributed by atoms with E-state index in [1.807, 2.05) is 0 Å². The van der Waals surface area contributed by atoms with E-state index in [0.29, 0.717) is 0 Å². The number of hydrogen-bond acceptors (Lipinski definition) is 9. The lowest BCUT2D eigenvalue weighted by atomic mass is 10.1. The molecule has 9 heteroatoms. The van der Waals surface area contributed by atoms with Crippen LogP contribution in [0.15, 0.2) is 31.0 Å². The zero-order chi connectivity index (χ0) is 18.8. The number of aliphatic hydroxyl groups is 3. The lowest BCUT2D eigenvalue weighted by Crippen LogP contribution is -2.43. The number of rotatable bonds is 11. The molecule has 4 N–H and O–H groups in total.